The average molecular weight is 734 g/mol. The highest BCUT2D eigenvalue weighted by atomic mass is 32.2. The van der Waals surface area contributed by atoms with E-state index < -0.39 is 75.7 Å². The number of hydrogen-bond acceptors (Lipinski definition) is 8. The molecule has 7 rings (SSSR count). The van der Waals surface area contributed by atoms with Crippen LogP contribution in [0.3, 0.4) is 0 Å². The summed E-state index contributed by atoms with van der Waals surface area (Å²) in [6.45, 7) is -0.881. The molecule has 268 valence electrons. The van der Waals surface area contributed by atoms with Crippen LogP contribution in [0.25, 0.3) is 22.2 Å². The molecule has 51 heavy (non-hydrogen) atoms. The van der Waals surface area contributed by atoms with Crippen LogP contribution in [0.1, 0.15) is 59.4 Å². The predicted octanol–water partition coefficient (Wildman–Crippen LogP) is 5.10. The molecule has 19 heteroatoms. The number of fused-ring (bicyclic) bond motifs is 4. The zero-order valence-corrected chi connectivity index (χ0v) is 27.7. The maximum absolute atomic E-state index is 15.5. The minimum atomic E-state index is -3.74. The van der Waals surface area contributed by atoms with E-state index in [1.54, 1.807) is 25.2 Å². The summed E-state index contributed by atoms with van der Waals surface area (Å²) in [5, 5.41) is 11.0. The molecule has 0 spiro atoms. The van der Waals surface area contributed by atoms with Crippen molar-refractivity contribution in [3.8, 4) is 11.3 Å². The number of halogens is 6. The number of sulfonamides is 1. The first-order chi connectivity index (χ1) is 24.0. The first-order valence-corrected chi connectivity index (χ1v) is 17.5. The molecule has 1 saturated carbocycles. The van der Waals surface area contributed by atoms with Gasteiger partial charge in [0.15, 0.2) is 5.82 Å². The van der Waals surface area contributed by atoms with E-state index in [1.165, 1.54) is 10.9 Å². The van der Waals surface area contributed by atoms with Crippen LogP contribution in [0, 0.1) is 17.6 Å². The molecule has 1 fully saturated rings. The van der Waals surface area contributed by atoms with E-state index in [-0.39, 0.29) is 47.0 Å². The first kappa shape index (κ1) is 34.3. The second kappa shape index (κ2) is 12.2. The zero-order valence-electron chi connectivity index (χ0n) is 26.8. The molecule has 1 amide bonds. The Hall–Kier alpha value is -5.20. The summed E-state index contributed by atoms with van der Waals surface area (Å²) in [5.41, 5.74) is 5.16. The Morgan fingerprint density at radius 3 is 2.47 bits per heavy atom. The lowest BCUT2D eigenvalue weighted by molar-refractivity contribution is -0.123. The van der Waals surface area contributed by atoms with E-state index in [1.807, 2.05) is 0 Å². The molecule has 3 unspecified atom stereocenters. The lowest BCUT2D eigenvalue weighted by Gasteiger charge is -2.34. The van der Waals surface area contributed by atoms with Crippen molar-refractivity contribution in [3.05, 3.63) is 82.4 Å². The van der Waals surface area contributed by atoms with Gasteiger partial charge in [0, 0.05) is 35.5 Å². The number of benzene rings is 2. The minimum Gasteiger partial charge on any atom is -0.382 e. The van der Waals surface area contributed by atoms with Crippen LogP contribution in [0.15, 0.2) is 42.6 Å². The Balaban J connectivity index is 1.31. The van der Waals surface area contributed by atoms with Crippen LogP contribution in [0.5, 0.6) is 0 Å². The Bertz CT molecular complexity index is 2310. The van der Waals surface area contributed by atoms with Gasteiger partial charge in [-0.3, -0.25) is 23.9 Å². The van der Waals surface area contributed by atoms with Crippen molar-refractivity contribution in [2.75, 3.05) is 16.7 Å². The third-order valence-corrected chi connectivity index (χ3v) is 9.76. The maximum Gasteiger partial charge on any atom is 0.293 e. The quantitative estimate of drug-likeness (QED) is 0.167. The zero-order chi connectivity index (χ0) is 36.6. The number of para-hydroxylation sites is 1. The number of carbonyl (C=O) groups is 1. The second-order valence-corrected chi connectivity index (χ2v) is 14.4. The van der Waals surface area contributed by atoms with Gasteiger partial charge in [-0.2, -0.15) is 19.0 Å². The van der Waals surface area contributed by atoms with Gasteiger partial charge in [-0.25, -0.2) is 31.0 Å². The Labute approximate surface area is 286 Å². The standard InChI is InChI=1S/C32H29F6N9O3S/c1-46-28-18(4-3-5-19(28)31(44-46)45-51(2,49)50)25-26(40-12-22(39)42-25)21(10-14-8-15(33)11-16(34)9-14)41-23(48)13-47-29-24(27(43-47)30(35)36)17-6-7-20(17)32(29,37)38/h3-5,8-9,11-12,17,20-21,30H,6-7,10,13H2,1-2H3,(H2,39,42)(H,41,48)(H,44,45). The number of amides is 1. The van der Waals surface area contributed by atoms with Crippen molar-refractivity contribution in [2.45, 2.75) is 50.1 Å². The molecule has 2 aliphatic carbocycles. The normalized spacial score (nSPS) is 18.4. The number of nitrogen functional groups attached to an aromatic ring is 1. The predicted molar refractivity (Wildman–Crippen MR) is 172 cm³/mol. The number of aryl methyl sites for hydroxylation is 1. The van der Waals surface area contributed by atoms with Gasteiger partial charge in [-0.15, -0.1) is 0 Å². The number of alkyl halides is 4. The average Bonchev–Trinajstić information content (AvgIpc) is 3.56. The van der Waals surface area contributed by atoms with Crippen LogP contribution in [-0.4, -0.2) is 50.1 Å². The van der Waals surface area contributed by atoms with E-state index >= 15 is 8.78 Å². The molecule has 3 heterocycles. The molecule has 2 aromatic carbocycles. The van der Waals surface area contributed by atoms with Gasteiger partial charge in [0.05, 0.1) is 35.4 Å². The van der Waals surface area contributed by atoms with Crippen LogP contribution < -0.4 is 15.8 Å². The maximum atomic E-state index is 15.5. The summed E-state index contributed by atoms with van der Waals surface area (Å²) in [5.74, 6) is -8.26. The summed E-state index contributed by atoms with van der Waals surface area (Å²) in [7, 11) is -2.19. The molecular weight excluding hydrogens is 704 g/mol. The summed E-state index contributed by atoms with van der Waals surface area (Å²) >= 11 is 0. The number of nitrogens with zero attached hydrogens (tertiary/aromatic N) is 6. The molecule has 12 nitrogen and oxygen atoms in total. The Morgan fingerprint density at radius 2 is 1.82 bits per heavy atom. The molecule has 0 aliphatic heterocycles. The highest BCUT2D eigenvalue weighted by Gasteiger charge is 2.62. The summed E-state index contributed by atoms with van der Waals surface area (Å²) in [4.78, 5) is 22.6. The molecule has 0 saturated heterocycles. The van der Waals surface area contributed by atoms with Crippen LogP contribution in [0.2, 0.25) is 0 Å². The SMILES string of the molecule is Cn1nc(NS(C)(=O)=O)c2cccc(-c3nc(N)cnc3C(Cc3cc(F)cc(F)c3)NC(=O)Cn3nc(C(F)F)c4c3C(F)(F)C3CCC43)c21. The number of anilines is 2. The van der Waals surface area contributed by atoms with Gasteiger partial charge in [-0.1, -0.05) is 12.1 Å². The second-order valence-electron chi connectivity index (χ2n) is 12.7. The van der Waals surface area contributed by atoms with Gasteiger partial charge >= 0.3 is 0 Å². The van der Waals surface area contributed by atoms with Gasteiger partial charge in [0.2, 0.25) is 15.9 Å². The molecule has 5 aromatic rings. The molecular formula is C32H29F6N9O3S. The molecule has 3 aromatic heterocycles. The Morgan fingerprint density at radius 1 is 1.10 bits per heavy atom. The fourth-order valence-corrected chi connectivity index (χ4v) is 7.65. The smallest absolute Gasteiger partial charge is 0.293 e. The largest absolute Gasteiger partial charge is 0.382 e. The van der Waals surface area contributed by atoms with Crippen molar-refractivity contribution in [3.63, 3.8) is 0 Å². The van der Waals surface area contributed by atoms with Crippen molar-refractivity contribution in [1.29, 1.82) is 0 Å². The number of hydrogen-bond donors (Lipinski definition) is 3. The molecule has 0 bridgehead atoms. The van der Waals surface area contributed by atoms with Crippen LogP contribution >= 0.6 is 0 Å². The highest BCUT2D eigenvalue weighted by molar-refractivity contribution is 7.92. The van der Waals surface area contributed by atoms with E-state index in [4.69, 9.17) is 5.73 Å². The molecule has 3 atom stereocenters. The van der Waals surface area contributed by atoms with E-state index in [0.717, 1.165) is 18.4 Å². The lowest BCUT2D eigenvalue weighted by Crippen LogP contribution is -2.36. The van der Waals surface area contributed by atoms with Crippen LogP contribution in [0.4, 0.5) is 38.0 Å². The highest BCUT2D eigenvalue weighted by Crippen LogP contribution is 2.63. The Kier molecular flexibility index (Phi) is 8.22. The topological polar surface area (TPSA) is 163 Å². The third-order valence-electron chi connectivity index (χ3n) is 9.19. The van der Waals surface area contributed by atoms with Crippen molar-refractivity contribution < 1.29 is 39.6 Å². The van der Waals surface area contributed by atoms with E-state index in [2.05, 4.69) is 30.2 Å². The van der Waals surface area contributed by atoms with Gasteiger partial charge in [-0.05, 0) is 48.9 Å². The number of carbonyl (C=O) groups excluding carboxylic acids is 1. The molecule has 0 radical (unpaired) electrons. The summed E-state index contributed by atoms with van der Waals surface area (Å²) < 4.78 is 116. The fourth-order valence-electron chi connectivity index (χ4n) is 7.14. The van der Waals surface area contributed by atoms with E-state index in [0.29, 0.717) is 33.6 Å². The molecule has 2 aliphatic rings. The van der Waals surface area contributed by atoms with Crippen molar-refractivity contribution in [2.24, 2.45) is 13.0 Å². The van der Waals surface area contributed by atoms with Gasteiger partial charge in [0.25, 0.3) is 12.3 Å². The summed E-state index contributed by atoms with van der Waals surface area (Å²) in [6.07, 6.45) is -0.876. The van der Waals surface area contributed by atoms with Crippen LogP contribution in [-0.2, 0) is 40.8 Å². The third kappa shape index (κ3) is 6.12. The number of rotatable bonds is 10. The van der Waals surface area contributed by atoms with Gasteiger partial charge in [0.1, 0.15) is 35.4 Å². The van der Waals surface area contributed by atoms with Crippen molar-refractivity contribution in [1.82, 2.24) is 34.8 Å². The minimum absolute atomic E-state index is 0.00973. The number of aromatic nitrogens is 6. The van der Waals surface area contributed by atoms with Crippen molar-refractivity contribution >= 4 is 38.5 Å². The number of nitrogens with two attached hydrogens (primary N) is 1. The number of nitrogens with one attached hydrogen (secondary N) is 2. The van der Waals surface area contributed by atoms with Gasteiger partial charge < -0.3 is 11.1 Å². The van der Waals surface area contributed by atoms with E-state index in [9.17, 15) is 30.8 Å². The lowest BCUT2D eigenvalue weighted by atomic mass is 9.73. The first-order valence-electron chi connectivity index (χ1n) is 15.6. The fraction of sp³-hybridized carbons (Fsp3) is 0.344. The summed E-state index contributed by atoms with van der Waals surface area (Å²) in [6, 6.07) is 6.26. The monoisotopic (exact) mass is 733 g/mol. The molecule has 4 N–H and O–H groups in total.